The maximum absolute atomic E-state index is 12.9. The molecule has 0 bridgehead atoms. The predicted octanol–water partition coefficient (Wildman–Crippen LogP) is 2.96. The number of hydrogen-bond donors (Lipinski definition) is 1. The summed E-state index contributed by atoms with van der Waals surface area (Å²) in [6.07, 6.45) is 1.95. The van der Waals surface area contributed by atoms with Gasteiger partial charge in [0.15, 0.2) is 16.3 Å². The molecule has 0 fully saturated rings. The Balaban J connectivity index is 1.81. The molecule has 2 aromatic carbocycles. The van der Waals surface area contributed by atoms with E-state index in [9.17, 15) is 9.59 Å². The van der Waals surface area contributed by atoms with Gasteiger partial charge in [-0.1, -0.05) is 12.1 Å². The van der Waals surface area contributed by atoms with Crippen molar-refractivity contribution in [3.8, 4) is 11.5 Å². The summed E-state index contributed by atoms with van der Waals surface area (Å²) in [4.78, 5) is 33.3. The monoisotopic (exact) mass is 482 g/mol. The van der Waals surface area contributed by atoms with Gasteiger partial charge in [-0.2, -0.15) is 4.99 Å². The van der Waals surface area contributed by atoms with Crippen LogP contribution in [0.5, 0.6) is 11.5 Å². The molecular formula is C25H30N4O4S. The van der Waals surface area contributed by atoms with Crippen molar-refractivity contribution in [2.45, 2.75) is 13.5 Å². The lowest BCUT2D eigenvalue weighted by Crippen LogP contribution is -2.31. The zero-order valence-corrected chi connectivity index (χ0v) is 20.9. The molecule has 3 aromatic rings. The summed E-state index contributed by atoms with van der Waals surface area (Å²) in [6, 6.07) is 12.4. The lowest BCUT2D eigenvalue weighted by atomic mass is 10.1. The maximum Gasteiger partial charge on any atom is 0.279 e. The summed E-state index contributed by atoms with van der Waals surface area (Å²) in [5, 5.41) is 2.93. The Bertz CT molecular complexity index is 1230. The van der Waals surface area contributed by atoms with E-state index in [0.29, 0.717) is 40.5 Å². The molecule has 0 aliphatic carbocycles. The minimum atomic E-state index is -0.370. The summed E-state index contributed by atoms with van der Waals surface area (Å²) < 4.78 is 12.4. The second kappa shape index (κ2) is 11.6. The summed E-state index contributed by atoms with van der Waals surface area (Å²) in [5.74, 6) is 0.542. The van der Waals surface area contributed by atoms with Crippen molar-refractivity contribution < 1.29 is 19.1 Å². The fraction of sp³-hybridized carbons (Fsp3) is 0.320. The van der Waals surface area contributed by atoms with Crippen LogP contribution in [0.1, 0.15) is 31.2 Å². The van der Waals surface area contributed by atoms with E-state index in [1.54, 1.807) is 31.4 Å². The molecule has 0 radical (unpaired) electrons. The van der Waals surface area contributed by atoms with Crippen LogP contribution >= 0.6 is 11.3 Å². The number of likely N-dealkylation sites (N-methyl/N-ethyl adjacent to an activating group) is 1. The van der Waals surface area contributed by atoms with E-state index in [2.05, 4.69) is 10.3 Å². The number of benzene rings is 2. The minimum absolute atomic E-state index is 0.108. The normalized spacial score (nSPS) is 11.5. The number of amides is 2. The van der Waals surface area contributed by atoms with Crippen LogP contribution in [0.3, 0.4) is 0 Å². The second-order valence-electron chi connectivity index (χ2n) is 8.00. The highest BCUT2D eigenvalue weighted by Gasteiger charge is 2.12. The van der Waals surface area contributed by atoms with Crippen LogP contribution in [0.15, 0.2) is 53.7 Å². The van der Waals surface area contributed by atoms with Crippen LogP contribution in [0.4, 0.5) is 0 Å². The molecule has 0 aliphatic heterocycles. The molecule has 8 nitrogen and oxygen atoms in total. The Labute approximate surface area is 203 Å². The molecule has 0 aliphatic rings. The smallest absolute Gasteiger partial charge is 0.279 e. The molecule has 3 rings (SSSR count). The molecular weight excluding hydrogens is 452 g/mol. The highest BCUT2D eigenvalue weighted by Crippen LogP contribution is 2.27. The van der Waals surface area contributed by atoms with Crippen LogP contribution in [0, 0.1) is 6.92 Å². The Hall–Kier alpha value is -3.43. The Morgan fingerprint density at radius 3 is 2.53 bits per heavy atom. The highest BCUT2D eigenvalue weighted by molar-refractivity contribution is 7.09. The predicted molar refractivity (Wildman–Crippen MR) is 133 cm³/mol. The molecule has 2 amide bonds. The van der Waals surface area contributed by atoms with Crippen molar-refractivity contribution in [2.75, 3.05) is 41.4 Å². The van der Waals surface area contributed by atoms with Gasteiger partial charge in [0, 0.05) is 41.8 Å². The van der Waals surface area contributed by atoms with Crippen LogP contribution < -0.4 is 19.6 Å². The van der Waals surface area contributed by atoms with Gasteiger partial charge >= 0.3 is 0 Å². The first-order valence-electron chi connectivity index (χ1n) is 10.8. The van der Waals surface area contributed by atoms with Crippen LogP contribution in [0.2, 0.25) is 0 Å². The van der Waals surface area contributed by atoms with Gasteiger partial charge in [-0.15, -0.1) is 11.3 Å². The van der Waals surface area contributed by atoms with E-state index < -0.39 is 0 Å². The fourth-order valence-electron chi connectivity index (χ4n) is 3.33. The number of carbonyl (C=O) groups excluding carboxylic acids is 2. The van der Waals surface area contributed by atoms with Gasteiger partial charge in [-0.25, -0.2) is 0 Å². The summed E-state index contributed by atoms with van der Waals surface area (Å²) in [6.45, 7) is 3.81. The molecule has 1 N–H and O–H groups in total. The Morgan fingerprint density at radius 2 is 1.82 bits per heavy atom. The third-order valence-electron chi connectivity index (χ3n) is 5.05. The molecule has 0 spiro atoms. The van der Waals surface area contributed by atoms with E-state index >= 15 is 0 Å². The van der Waals surface area contributed by atoms with Crippen LogP contribution in [-0.2, 0) is 6.54 Å². The lowest BCUT2D eigenvalue weighted by molar-refractivity contribution is 0.0949. The SMILES string of the molecule is COc1ccc(C(=O)N=c2sc(C)cn2Cc2cccc(C(=O)NCCN(C)C)c2)cc1OC. The van der Waals surface area contributed by atoms with Crippen LogP contribution in [0.25, 0.3) is 0 Å². The van der Waals surface area contributed by atoms with E-state index in [1.165, 1.54) is 18.4 Å². The summed E-state index contributed by atoms with van der Waals surface area (Å²) >= 11 is 1.43. The molecule has 1 aromatic heterocycles. The zero-order valence-electron chi connectivity index (χ0n) is 20.1. The number of nitrogens with zero attached hydrogens (tertiary/aromatic N) is 3. The molecule has 9 heteroatoms. The first kappa shape index (κ1) is 25.2. The van der Waals surface area contributed by atoms with Gasteiger partial charge in [-0.3, -0.25) is 9.59 Å². The average Bonchev–Trinajstić information content (AvgIpc) is 3.16. The molecule has 0 unspecified atom stereocenters. The second-order valence-corrected chi connectivity index (χ2v) is 9.21. The van der Waals surface area contributed by atoms with Crippen molar-refractivity contribution >= 4 is 23.2 Å². The number of aromatic nitrogens is 1. The van der Waals surface area contributed by atoms with Crippen molar-refractivity contribution in [1.82, 2.24) is 14.8 Å². The van der Waals surface area contributed by atoms with Crippen molar-refractivity contribution in [1.29, 1.82) is 0 Å². The molecule has 180 valence electrons. The number of rotatable bonds is 9. The standard InChI is InChI=1S/C25H30N4O4S/c1-17-15-29(16-18-7-6-8-19(13-18)23(30)26-11-12-28(2)3)25(34-17)27-24(31)20-9-10-21(32-4)22(14-20)33-5/h6-10,13-15H,11-12,16H2,1-5H3,(H,26,30). The van der Waals surface area contributed by atoms with Crippen molar-refractivity contribution in [2.24, 2.45) is 4.99 Å². The Morgan fingerprint density at radius 1 is 1.06 bits per heavy atom. The van der Waals surface area contributed by atoms with E-state index in [1.807, 2.05) is 54.9 Å². The number of ether oxygens (including phenoxy) is 2. The first-order valence-corrected chi connectivity index (χ1v) is 11.6. The van der Waals surface area contributed by atoms with Gasteiger partial charge in [-0.05, 0) is 56.9 Å². The molecule has 0 saturated heterocycles. The van der Waals surface area contributed by atoms with Gasteiger partial charge < -0.3 is 24.3 Å². The third-order valence-corrected chi connectivity index (χ3v) is 5.99. The molecule has 0 atom stereocenters. The van der Waals surface area contributed by atoms with Gasteiger partial charge in [0.25, 0.3) is 11.8 Å². The fourth-order valence-corrected chi connectivity index (χ4v) is 4.16. The van der Waals surface area contributed by atoms with E-state index in [-0.39, 0.29) is 11.8 Å². The molecule has 1 heterocycles. The number of aryl methyl sites for hydroxylation is 1. The lowest BCUT2D eigenvalue weighted by Gasteiger charge is -2.11. The van der Waals surface area contributed by atoms with Gasteiger partial charge in [0.2, 0.25) is 0 Å². The third kappa shape index (κ3) is 6.55. The molecule has 0 saturated carbocycles. The number of nitrogens with one attached hydrogen (secondary N) is 1. The highest BCUT2D eigenvalue weighted by atomic mass is 32.1. The number of carbonyl (C=O) groups is 2. The van der Waals surface area contributed by atoms with Crippen molar-refractivity contribution in [3.63, 3.8) is 0 Å². The summed E-state index contributed by atoms with van der Waals surface area (Å²) in [5.41, 5.74) is 1.95. The van der Waals surface area contributed by atoms with Gasteiger partial charge in [0.05, 0.1) is 14.2 Å². The van der Waals surface area contributed by atoms with Gasteiger partial charge in [0.1, 0.15) is 0 Å². The van der Waals surface area contributed by atoms with E-state index in [4.69, 9.17) is 9.47 Å². The first-order chi connectivity index (χ1) is 16.3. The quantitative estimate of drug-likeness (QED) is 0.507. The maximum atomic E-state index is 12.9. The number of methoxy groups -OCH3 is 2. The number of thiazole rings is 1. The topological polar surface area (TPSA) is 85.2 Å². The number of hydrogen-bond acceptors (Lipinski definition) is 6. The minimum Gasteiger partial charge on any atom is -0.493 e. The van der Waals surface area contributed by atoms with Crippen molar-refractivity contribution in [3.05, 3.63) is 75.0 Å². The Kier molecular flexibility index (Phi) is 8.61. The molecule has 34 heavy (non-hydrogen) atoms. The van der Waals surface area contributed by atoms with E-state index in [0.717, 1.165) is 17.0 Å². The largest absolute Gasteiger partial charge is 0.493 e. The van der Waals surface area contributed by atoms with Crippen LogP contribution in [-0.4, -0.2) is 62.7 Å². The average molecular weight is 483 g/mol. The zero-order chi connectivity index (χ0) is 24.7. The summed E-state index contributed by atoms with van der Waals surface area (Å²) in [7, 11) is 7.00.